The third kappa shape index (κ3) is 1.95. The summed E-state index contributed by atoms with van der Waals surface area (Å²) in [5.74, 6) is 0. The number of carbonyl (C=O) groups is 1. The molecule has 1 saturated heterocycles. The molecule has 1 aliphatic rings. The Morgan fingerprint density at radius 2 is 2.50 bits per heavy atom. The zero-order valence-corrected chi connectivity index (χ0v) is 7.25. The van der Waals surface area contributed by atoms with Crippen molar-refractivity contribution < 1.29 is 4.79 Å². The van der Waals surface area contributed by atoms with Gasteiger partial charge in [-0.3, -0.25) is 4.79 Å². The third-order valence-corrected chi connectivity index (χ3v) is 2.10. The molecule has 1 heterocycles. The molecule has 0 spiro atoms. The lowest BCUT2D eigenvalue weighted by atomic mass is 10.4. The van der Waals surface area contributed by atoms with E-state index in [0.29, 0.717) is 6.54 Å². The minimum atomic E-state index is -0.107. The van der Waals surface area contributed by atoms with Crippen molar-refractivity contribution in [1.82, 2.24) is 4.90 Å². The molecule has 0 atom stereocenters. The maximum absolute atomic E-state index is 10.5. The molecule has 4 heteroatoms. The largest absolute Gasteiger partial charge is 0.358 e. The zero-order valence-electron chi connectivity index (χ0n) is 5.54. The lowest BCUT2D eigenvalue weighted by Gasteiger charge is -2.14. The van der Waals surface area contributed by atoms with Crippen molar-refractivity contribution in [2.24, 2.45) is 0 Å². The Hall–Kier alpha value is -0.0900. The monoisotopic (exact) mass is 175 g/mol. The first-order valence-electron chi connectivity index (χ1n) is 3.20. The summed E-state index contributed by atoms with van der Waals surface area (Å²) in [6.45, 7) is 1.30. The Labute approximate surface area is 71.0 Å². The summed E-state index contributed by atoms with van der Waals surface area (Å²) in [4.78, 5) is 13.3. The van der Waals surface area contributed by atoms with Crippen molar-refractivity contribution in [3.8, 4) is 0 Å². The van der Waals surface area contributed by atoms with Gasteiger partial charge in [0.05, 0.1) is 11.5 Å². The Bertz CT molecular complexity index is 169. The number of thiol groups is 1. The van der Waals surface area contributed by atoms with Gasteiger partial charge in [0.1, 0.15) is 0 Å². The highest BCUT2D eigenvalue weighted by Crippen LogP contribution is 2.10. The predicted molar refractivity (Wildman–Crippen MR) is 47.4 cm³/mol. The second-order valence-corrected chi connectivity index (χ2v) is 3.28. The molecule has 0 aromatic carbocycles. The first-order valence-corrected chi connectivity index (χ1v) is 4.05. The number of thiocarbonyl (C=S) groups is 1. The first kappa shape index (κ1) is 8.01. The number of nitrogens with zero attached hydrogens (tertiary/aromatic N) is 1. The van der Waals surface area contributed by atoms with E-state index in [1.165, 1.54) is 0 Å². The van der Waals surface area contributed by atoms with Crippen LogP contribution in [-0.4, -0.2) is 28.1 Å². The Balaban J connectivity index is 2.40. The topological polar surface area (TPSA) is 20.3 Å². The van der Waals surface area contributed by atoms with Crippen LogP contribution in [0, 0.1) is 0 Å². The van der Waals surface area contributed by atoms with Gasteiger partial charge in [0.15, 0.2) is 0 Å². The number of hydrogen-bond acceptors (Lipinski definition) is 2. The molecule has 1 fully saturated rings. The summed E-state index contributed by atoms with van der Waals surface area (Å²) in [7, 11) is 0. The van der Waals surface area contributed by atoms with Gasteiger partial charge in [-0.2, -0.15) is 0 Å². The highest BCUT2D eigenvalue weighted by molar-refractivity contribution is 7.96. The first-order chi connectivity index (χ1) is 4.70. The van der Waals surface area contributed by atoms with E-state index in [2.05, 4.69) is 12.6 Å². The minimum Gasteiger partial charge on any atom is -0.358 e. The van der Waals surface area contributed by atoms with Gasteiger partial charge in [0.25, 0.3) is 0 Å². The fraction of sp³-hybridized carbons (Fsp3) is 0.667. The standard InChI is InChI=1S/C6H9NOS2/c8-6(10)4-7-3-1-2-5(7)9/h1-4H2,(H,8,10). The molecule has 56 valence electrons. The van der Waals surface area contributed by atoms with Crippen LogP contribution in [0.1, 0.15) is 12.8 Å². The lowest BCUT2D eigenvalue weighted by Crippen LogP contribution is -2.27. The average Bonchev–Trinajstić information content (AvgIpc) is 2.15. The van der Waals surface area contributed by atoms with E-state index in [0.717, 1.165) is 24.4 Å². The summed E-state index contributed by atoms with van der Waals surface area (Å²) in [5.41, 5.74) is 0. The molecule has 1 aliphatic heterocycles. The van der Waals surface area contributed by atoms with Crippen molar-refractivity contribution >= 4 is 35.0 Å². The highest BCUT2D eigenvalue weighted by Gasteiger charge is 2.17. The number of carbonyl (C=O) groups excluding carboxylic acids is 1. The van der Waals surface area contributed by atoms with Crippen molar-refractivity contribution in [2.75, 3.05) is 13.1 Å². The van der Waals surface area contributed by atoms with E-state index in [-0.39, 0.29) is 5.12 Å². The molecule has 10 heavy (non-hydrogen) atoms. The van der Waals surface area contributed by atoms with Crippen molar-refractivity contribution in [2.45, 2.75) is 12.8 Å². The average molecular weight is 175 g/mol. The summed E-state index contributed by atoms with van der Waals surface area (Å²) in [6.07, 6.45) is 2.04. The van der Waals surface area contributed by atoms with Crippen molar-refractivity contribution in [1.29, 1.82) is 0 Å². The molecule has 0 N–H and O–H groups in total. The van der Waals surface area contributed by atoms with E-state index in [4.69, 9.17) is 12.2 Å². The molecule has 0 unspecified atom stereocenters. The van der Waals surface area contributed by atoms with Crippen molar-refractivity contribution in [3.63, 3.8) is 0 Å². The van der Waals surface area contributed by atoms with E-state index in [1.54, 1.807) is 0 Å². The molecule has 0 radical (unpaired) electrons. The molecular formula is C6H9NOS2. The molecule has 0 aromatic heterocycles. The van der Waals surface area contributed by atoms with Gasteiger partial charge in [0.2, 0.25) is 5.12 Å². The smallest absolute Gasteiger partial charge is 0.205 e. The van der Waals surface area contributed by atoms with Crippen LogP contribution in [0.3, 0.4) is 0 Å². The van der Waals surface area contributed by atoms with Crippen LogP contribution in [0.4, 0.5) is 0 Å². The summed E-state index contributed by atoms with van der Waals surface area (Å²) < 4.78 is 0. The van der Waals surface area contributed by atoms with Gasteiger partial charge in [-0.05, 0) is 12.8 Å². The van der Waals surface area contributed by atoms with Gasteiger partial charge in [-0.1, -0.05) is 12.2 Å². The normalized spacial score (nSPS) is 18.1. The van der Waals surface area contributed by atoms with E-state index < -0.39 is 0 Å². The van der Waals surface area contributed by atoms with Gasteiger partial charge >= 0.3 is 0 Å². The molecule has 2 nitrogen and oxygen atoms in total. The molecule has 1 rings (SSSR count). The Morgan fingerprint density at radius 1 is 1.80 bits per heavy atom. The zero-order chi connectivity index (χ0) is 7.56. The highest BCUT2D eigenvalue weighted by atomic mass is 32.1. The van der Waals surface area contributed by atoms with Gasteiger partial charge < -0.3 is 4.90 Å². The molecule has 0 amide bonds. The van der Waals surface area contributed by atoms with E-state index in [1.807, 2.05) is 4.90 Å². The van der Waals surface area contributed by atoms with E-state index >= 15 is 0 Å². The number of likely N-dealkylation sites (tertiary alicyclic amines) is 1. The van der Waals surface area contributed by atoms with Gasteiger partial charge in [-0.15, -0.1) is 12.6 Å². The summed E-state index contributed by atoms with van der Waals surface area (Å²) in [5, 5.41) is -0.107. The Morgan fingerprint density at radius 3 is 2.90 bits per heavy atom. The van der Waals surface area contributed by atoms with Crippen LogP contribution in [0.5, 0.6) is 0 Å². The molecule has 0 aliphatic carbocycles. The fourth-order valence-electron chi connectivity index (χ4n) is 1.03. The number of hydrogen-bond donors (Lipinski definition) is 1. The Kier molecular flexibility index (Phi) is 2.68. The second-order valence-electron chi connectivity index (χ2n) is 2.31. The maximum atomic E-state index is 10.5. The minimum absolute atomic E-state index is 0.107. The van der Waals surface area contributed by atoms with Gasteiger partial charge in [-0.25, -0.2) is 0 Å². The third-order valence-electron chi connectivity index (χ3n) is 1.50. The summed E-state index contributed by atoms with van der Waals surface area (Å²) >= 11 is 8.67. The van der Waals surface area contributed by atoms with E-state index in [9.17, 15) is 4.79 Å². The van der Waals surface area contributed by atoms with Crippen LogP contribution in [0.25, 0.3) is 0 Å². The molecule has 0 bridgehead atoms. The predicted octanol–water partition coefficient (Wildman–Crippen LogP) is 0.866. The molecular weight excluding hydrogens is 166 g/mol. The van der Waals surface area contributed by atoms with Crippen LogP contribution in [-0.2, 0) is 4.79 Å². The summed E-state index contributed by atoms with van der Waals surface area (Å²) in [6, 6.07) is 0. The second kappa shape index (κ2) is 3.34. The molecule has 0 saturated carbocycles. The van der Waals surface area contributed by atoms with Crippen LogP contribution in [0.2, 0.25) is 0 Å². The van der Waals surface area contributed by atoms with Crippen LogP contribution < -0.4 is 0 Å². The molecule has 0 aromatic rings. The quantitative estimate of drug-likeness (QED) is 0.497. The lowest BCUT2D eigenvalue weighted by molar-refractivity contribution is -0.111. The van der Waals surface area contributed by atoms with Crippen molar-refractivity contribution in [3.05, 3.63) is 0 Å². The van der Waals surface area contributed by atoms with Crippen LogP contribution in [0.15, 0.2) is 0 Å². The number of rotatable bonds is 2. The SMILES string of the molecule is O=C(S)CN1CCCC1=S. The fourth-order valence-corrected chi connectivity index (χ4v) is 1.51. The maximum Gasteiger partial charge on any atom is 0.205 e. The van der Waals surface area contributed by atoms with Crippen LogP contribution >= 0.6 is 24.8 Å². The van der Waals surface area contributed by atoms with Gasteiger partial charge in [0, 0.05) is 6.54 Å².